The highest BCUT2D eigenvalue weighted by Gasteiger charge is 2.32. The van der Waals surface area contributed by atoms with Gasteiger partial charge in [-0.15, -0.1) is 0 Å². The van der Waals surface area contributed by atoms with Gasteiger partial charge < -0.3 is 18.6 Å². The van der Waals surface area contributed by atoms with Crippen molar-refractivity contribution in [1.29, 1.82) is 0 Å². The maximum absolute atomic E-state index is 14.8. The molecule has 2 heterocycles. The largest absolute Gasteiger partial charge is 0.417 e. The zero-order valence-electron chi connectivity index (χ0n) is 18.6. The van der Waals surface area contributed by atoms with Gasteiger partial charge in [0.15, 0.2) is 5.82 Å². The molecule has 33 heavy (non-hydrogen) atoms. The van der Waals surface area contributed by atoms with Gasteiger partial charge in [0.1, 0.15) is 17.8 Å². The average Bonchev–Trinajstić information content (AvgIpc) is 3.30. The third kappa shape index (κ3) is 6.12. The number of amides is 1. The first-order valence-corrected chi connectivity index (χ1v) is 12.4. The molecule has 1 amide bonds. The summed E-state index contributed by atoms with van der Waals surface area (Å²) in [4.78, 5) is 18.0. The molecule has 3 aromatic rings. The second kappa shape index (κ2) is 11.8. The summed E-state index contributed by atoms with van der Waals surface area (Å²) >= 11 is 2.91. The van der Waals surface area contributed by atoms with E-state index in [2.05, 4.69) is 14.4 Å². The molecule has 0 fully saturated rings. The highest BCUT2D eigenvalue weighted by molar-refractivity contribution is 7.98. The van der Waals surface area contributed by atoms with E-state index >= 15 is 0 Å². The van der Waals surface area contributed by atoms with E-state index in [9.17, 15) is 9.18 Å². The van der Waals surface area contributed by atoms with Crippen LogP contribution in [0.5, 0.6) is 17.6 Å². The van der Waals surface area contributed by atoms with Crippen LogP contribution in [-0.2, 0) is 6.54 Å². The molecule has 2 N–H and O–H groups in total. The van der Waals surface area contributed by atoms with Crippen LogP contribution in [0.25, 0.3) is 0 Å². The molecule has 176 valence electrons. The average molecular weight is 493 g/mol. The molecule has 1 atom stereocenters. The number of carbonyl (C=O) groups excluding carboxylic acids is 1. The molecule has 0 bridgehead atoms. The Hall–Kier alpha value is -2.89. The summed E-state index contributed by atoms with van der Waals surface area (Å²) < 4.78 is 36.5. The number of hydrogen-bond acceptors (Lipinski definition) is 9. The number of oxazole rings is 1. The number of hydrogen-bond donors (Lipinski definition) is 2. The monoisotopic (exact) mass is 492 g/mol. The maximum Gasteiger partial charge on any atom is 0.416 e. The van der Waals surface area contributed by atoms with Crippen LogP contribution >= 0.6 is 23.9 Å². The number of aromatic nitrogens is 1. The summed E-state index contributed by atoms with van der Waals surface area (Å²) in [5, 5.41) is 0. The summed E-state index contributed by atoms with van der Waals surface area (Å²) in [6.45, 7) is 1.93. The number of fused-ring (bicyclic) bond motifs is 1. The summed E-state index contributed by atoms with van der Waals surface area (Å²) in [7, 11) is 1.73. The zero-order valence-corrected chi connectivity index (χ0v) is 20.3. The molecule has 0 spiro atoms. The molecule has 8 nitrogen and oxygen atoms in total. The van der Waals surface area contributed by atoms with Crippen LogP contribution in [0.1, 0.15) is 24.1 Å². The Labute approximate surface area is 200 Å². The third-order valence-electron chi connectivity index (χ3n) is 4.63. The number of anilines is 1. The van der Waals surface area contributed by atoms with Gasteiger partial charge in [-0.05, 0) is 44.7 Å². The minimum atomic E-state index is -0.564. The van der Waals surface area contributed by atoms with Gasteiger partial charge in [-0.3, -0.25) is 4.90 Å². The Bertz CT molecular complexity index is 1070. The number of nitrogens with zero attached hydrogens (tertiary/aromatic N) is 2. The van der Waals surface area contributed by atoms with Crippen LogP contribution < -0.4 is 18.9 Å². The Kier molecular flexibility index (Phi) is 8.87. The van der Waals surface area contributed by atoms with Gasteiger partial charge in [-0.25, -0.2) is 13.9 Å². The normalized spacial score (nSPS) is 14.6. The molecule has 0 radical (unpaired) electrons. The smallest absolute Gasteiger partial charge is 0.416 e. The van der Waals surface area contributed by atoms with Gasteiger partial charge in [0.25, 0.3) is 0 Å². The maximum atomic E-state index is 14.8. The van der Waals surface area contributed by atoms with Crippen molar-refractivity contribution in [2.24, 2.45) is 0 Å². The fourth-order valence-corrected chi connectivity index (χ4v) is 3.49. The van der Waals surface area contributed by atoms with E-state index in [-0.39, 0.29) is 18.7 Å². The van der Waals surface area contributed by atoms with Crippen molar-refractivity contribution in [3.8, 4) is 17.6 Å². The molecule has 0 saturated heterocycles. The highest BCUT2D eigenvalue weighted by Crippen LogP contribution is 2.39. The Balaban J connectivity index is 0.000000968. The molecule has 1 aliphatic heterocycles. The molecule has 0 aliphatic carbocycles. The van der Waals surface area contributed by atoms with E-state index < -0.39 is 11.9 Å². The third-order valence-corrected chi connectivity index (χ3v) is 5.16. The molecule has 0 saturated carbocycles. The summed E-state index contributed by atoms with van der Waals surface area (Å²) in [5.41, 5.74) is 1.50. The fourth-order valence-electron chi connectivity index (χ4n) is 3.12. The van der Waals surface area contributed by atoms with Gasteiger partial charge in [0, 0.05) is 29.3 Å². The Morgan fingerprint density at radius 3 is 2.76 bits per heavy atom. The fraction of sp³-hybridized carbons (Fsp3) is 0.273. The first-order valence-electron chi connectivity index (χ1n) is 9.94. The quantitative estimate of drug-likeness (QED) is 0.394. The van der Waals surface area contributed by atoms with Crippen LogP contribution in [0.15, 0.2) is 53.3 Å². The molecule has 11 heteroatoms. The van der Waals surface area contributed by atoms with Crippen molar-refractivity contribution in [3.63, 3.8) is 0 Å². The lowest BCUT2D eigenvalue weighted by atomic mass is 10.0. The van der Waals surface area contributed by atoms with Gasteiger partial charge in [-0.2, -0.15) is 16.7 Å². The lowest BCUT2D eigenvalue weighted by Crippen LogP contribution is -2.39. The summed E-state index contributed by atoms with van der Waals surface area (Å²) in [5.74, 6) is 0.395. The van der Waals surface area contributed by atoms with E-state index in [1.807, 2.05) is 19.4 Å². The van der Waals surface area contributed by atoms with Crippen molar-refractivity contribution in [2.75, 3.05) is 24.3 Å². The molecule has 4 rings (SSSR count). The number of ether oxygens (including phenoxy) is 2. The molecular weight excluding hydrogens is 467 g/mol. The van der Waals surface area contributed by atoms with Gasteiger partial charge in [-0.1, -0.05) is 12.1 Å². The van der Waals surface area contributed by atoms with Gasteiger partial charge in [0.05, 0.1) is 24.5 Å². The molecule has 1 aromatic heterocycles. The van der Waals surface area contributed by atoms with E-state index in [4.69, 9.17) is 13.9 Å². The summed E-state index contributed by atoms with van der Waals surface area (Å²) in [6, 6.07) is 9.83. The van der Waals surface area contributed by atoms with Gasteiger partial charge >= 0.3 is 12.2 Å². The van der Waals surface area contributed by atoms with Crippen molar-refractivity contribution in [1.82, 2.24) is 14.6 Å². The molecule has 1 unspecified atom stereocenters. The number of nitrogens with one attached hydrogen (secondary N) is 2. The molecule has 1 aliphatic rings. The van der Waals surface area contributed by atoms with Crippen molar-refractivity contribution >= 4 is 35.7 Å². The number of carbonyl (C=O) groups is 1. The van der Waals surface area contributed by atoms with Crippen LogP contribution in [0.4, 0.5) is 14.9 Å². The molecule has 2 aromatic carbocycles. The zero-order chi connectivity index (χ0) is 23.8. The van der Waals surface area contributed by atoms with Crippen LogP contribution in [-0.4, -0.2) is 35.5 Å². The number of benzene rings is 2. The second-order valence-corrected chi connectivity index (χ2v) is 8.50. The van der Waals surface area contributed by atoms with Crippen molar-refractivity contribution in [2.45, 2.75) is 19.5 Å². The first kappa shape index (κ1) is 24.7. The van der Waals surface area contributed by atoms with Crippen LogP contribution in [0.3, 0.4) is 0 Å². The predicted molar refractivity (Wildman–Crippen MR) is 129 cm³/mol. The summed E-state index contributed by atoms with van der Waals surface area (Å²) in [6.07, 6.45) is 6.47. The standard InChI is InChI=1S/C20H19FN4O4S.C2H6S/c1-12-15-7-6-14(28-19-23-8-9-27-19)10-17(15)29-20(26)25(12)11-13-4-3-5-16(18(13)21)24-30-22-2;1-3-2/h3-10,12,22,24H,11H2,1-2H3;1-2H3. The van der Waals surface area contributed by atoms with E-state index in [1.54, 1.807) is 55.2 Å². The number of halogens is 1. The number of thioether (sulfide) groups is 1. The highest BCUT2D eigenvalue weighted by atomic mass is 32.2. The Morgan fingerprint density at radius 1 is 1.27 bits per heavy atom. The topological polar surface area (TPSA) is 88.9 Å². The SMILES string of the molecule is CNSNc1cccc(CN2C(=O)Oc3cc(Oc4ncco4)ccc3C2C)c1F.CSC. The number of rotatable bonds is 7. The molecular formula is C22H25FN4O4S2. The van der Waals surface area contributed by atoms with Crippen LogP contribution in [0, 0.1) is 5.82 Å². The van der Waals surface area contributed by atoms with Gasteiger partial charge in [0.2, 0.25) is 0 Å². The minimum absolute atomic E-state index is 0.0690. The minimum Gasteiger partial charge on any atom is -0.417 e. The second-order valence-electron chi connectivity index (χ2n) is 6.87. The van der Waals surface area contributed by atoms with E-state index in [0.29, 0.717) is 22.7 Å². The van der Waals surface area contributed by atoms with E-state index in [0.717, 1.165) is 17.7 Å². The van der Waals surface area contributed by atoms with Crippen molar-refractivity contribution < 1.29 is 23.1 Å². The lowest BCUT2D eigenvalue weighted by molar-refractivity contribution is 0.116. The Morgan fingerprint density at radius 2 is 2.06 bits per heavy atom. The first-order chi connectivity index (χ1) is 16.0. The van der Waals surface area contributed by atoms with Crippen LogP contribution in [0.2, 0.25) is 0 Å². The van der Waals surface area contributed by atoms with E-state index in [1.165, 1.54) is 17.4 Å². The predicted octanol–water partition coefficient (Wildman–Crippen LogP) is 5.86. The lowest BCUT2D eigenvalue weighted by Gasteiger charge is -2.34. The van der Waals surface area contributed by atoms with Crippen molar-refractivity contribution in [3.05, 3.63) is 65.8 Å².